The van der Waals surface area contributed by atoms with Crippen LogP contribution in [0.1, 0.15) is 13.8 Å². The molecule has 0 spiro atoms. The van der Waals surface area contributed by atoms with Crippen LogP contribution in [0, 0.1) is 0 Å². The maximum Gasteiger partial charge on any atom is 0.284 e. The smallest absolute Gasteiger partial charge is 0.284 e. The van der Waals surface area contributed by atoms with Crippen LogP contribution in [0.3, 0.4) is 0 Å². The topological polar surface area (TPSA) is 94.7 Å². The number of rotatable bonds is 4. The van der Waals surface area contributed by atoms with E-state index in [9.17, 15) is 9.59 Å². The third-order valence-corrected chi connectivity index (χ3v) is 3.79. The molecule has 8 nitrogen and oxygen atoms in total. The summed E-state index contributed by atoms with van der Waals surface area (Å²) in [4.78, 5) is 28.5. The number of hydrogen-bond acceptors (Lipinski definition) is 5. The zero-order chi connectivity index (χ0) is 17.3. The summed E-state index contributed by atoms with van der Waals surface area (Å²) in [5.41, 5.74) is 0.811. The molecular weight excluding hydrogens is 376 g/mol. The summed E-state index contributed by atoms with van der Waals surface area (Å²) in [6, 6.07) is 7.40. The van der Waals surface area contributed by atoms with Gasteiger partial charge in [0.05, 0.1) is 5.69 Å². The molecule has 3 rings (SSSR count). The Bertz CT molecular complexity index is 945. The van der Waals surface area contributed by atoms with Gasteiger partial charge in [0, 0.05) is 10.5 Å². The van der Waals surface area contributed by atoms with E-state index in [1.165, 1.54) is 15.6 Å². The van der Waals surface area contributed by atoms with Crippen molar-refractivity contribution >= 4 is 33.0 Å². The van der Waals surface area contributed by atoms with Gasteiger partial charge >= 0.3 is 0 Å². The molecule has 0 unspecified atom stereocenters. The summed E-state index contributed by atoms with van der Waals surface area (Å²) in [6.45, 7) is 3.60. The summed E-state index contributed by atoms with van der Waals surface area (Å²) >= 11 is 3.37. The predicted octanol–water partition coefficient (Wildman–Crippen LogP) is 1.26. The van der Waals surface area contributed by atoms with Crippen LogP contribution in [0.4, 0.5) is 0 Å². The molecule has 2 aromatic heterocycles. The van der Waals surface area contributed by atoms with E-state index >= 15 is 0 Å². The van der Waals surface area contributed by atoms with Crippen molar-refractivity contribution in [3.63, 3.8) is 0 Å². The molecule has 0 aliphatic heterocycles. The number of aromatic nitrogens is 5. The summed E-state index contributed by atoms with van der Waals surface area (Å²) in [6.07, 6.45) is 1.34. The fourth-order valence-electron chi connectivity index (χ4n) is 2.24. The first-order chi connectivity index (χ1) is 11.5. The second-order valence-electron chi connectivity index (χ2n) is 5.55. The van der Waals surface area contributed by atoms with Crippen molar-refractivity contribution in [3.05, 3.63) is 45.4 Å². The van der Waals surface area contributed by atoms with Crippen molar-refractivity contribution in [1.29, 1.82) is 0 Å². The van der Waals surface area contributed by atoms with Gasteiger partial charge in [-0.1, -0.05) is 21.1 Å². The lowest BCUT2D eigenvalue weighted by Crippen LogP contribution is -2.36. The van der Waals surface area contributed by atoms with Gasteiger partial charge in [-0.2, -0.15) is 4.68 Å². The van der Waals surface area contributed by atoms with Gasteiger partial charge in [-0.3, -0.25) is 14.2 Å². The highest BCUT2D eigenvalue weighted by atomic mass is 79.9. The van der Waals surface area contributed by atoms with E-state index in [1.54, 1.807) is 0 Å². The Hall–Kier alpha value is -2.55. The number of nitrogens with zero attached hydrogens (tertiary/aromatic N) is 5. The maximum absolute atomic E-state index is 12.5. The first-order valence-electron chi connectivity index (χ1n) is 7.32. The van der Waals surface area contributed by atoms with Crippen LogP contribution in [0.15, 0.2) is 39.9 Å². The van der Waals surface area contributed by atoms with E-state index in [2.05, 4.69) is 36.5 Å². The number of benzene rings is 1. The van der Waals surface area contributed by atoms with E-state index in [1.807, 2.05) is 38.1 Å². The number of hydrogen-bond donors (Lipinski definition) is 1. The number of carbonyl (C=O) groups is 1. The standard InChI is InChI=1S/C15H15BrN6O2/c1-9(2)18-12(23)7-21-8-17-14-13(15(21)24)19-20-22(14)11-5-3-10(16)4-6-11/h3-6,8-9H,7H2,1-2H3,(H,18,23). The van der Waals surface area contributed by atoms with Crippen LogP contribution in [-0.2, 0) is 11.3 Å². The van der Waals surface area contributed by atoms with Gasteiger partial charge in [0.25, 0.3) is 5.56 Å². The van der Waals surface area contributed by atoms with Crippen molar-refractivity contribution in [2.75, 3.05) is 0 Å². The van der Waals surface area contributed by atoms with Crippen molar-refractivity contribution in [3.8, 4) is 5.69 Å². The summed E-state index contributed by atoms with van der Waals surface area (Å²) in [7, 11) is 0. The average molecular weight is 391 g/mol. The molecule has 9 heteroatoms. The van der Waals surface area contributed by atoms with Gasteiger partial charge in [0.15, 0.2) is 11.2 Å². The molecule has 0 saturated carbocycles. The van der Waals surface area contributed by atoms with Gasteiger partial charge < -0.3 is 5.32 Å². The predicted molar refractivity (Wildman–Crippen MR) is 91.9 cm³/mol. The molecule has 0 atom stereocenters. The number of fused-ring (bicyclic) bond motifs is 1. The fraction of sp³-hybridized carbons (Fsp3) is 0.267. The Morgan fingerprint density at radius 1 is 1.29 bits per heavy atom. The summed E-state index contributed by atoms with van der Waals surface area (Å²) in [5, 5.41) is 10.6. The van der Waals surface area contributed by atoms with Gasteiger partial charge in [-0.25, -0.2) is 4.98 Å². The fourth-order valence-corrected chi connectivity index (χ4v) is 2.50. The molecular formula is C15H15BrN6O2. The van der Waals surface area contributed by atoms with Crippen molar-refractivity contribution in [2.45, 2.75) is 26.4 Å². The van der Waals surface area contributed by atoms with Gasteiger partial charge in [-0.05, 0) is 38.1 Å². The highest BCUT2D eigenvalue weighted by molar-refractivity contribution is 9.10. The minimum atomic E-state index is -0.401. The van der Waals surface area contributed by atoms with Crippen LogP contribution >= 0.6 is 15.9 Å². The molecule has 124 valence electrons. The molecule has 0 aliphatic carbocycles. The average Bonchev–Trinajstić information content (AvgIpc) is 2.95. The highest BCUT2D eigenvalue weighted by Gasteiger charge is 2.15. The highest BCUT2D eigenvalue weighted by Crippen LogP contribution is 2.15. The van der Waals surface area contributed by atoms with Crippen LogP contribution in [-0.4, -0.2) is 36.5 Å². The molecule has 1 amide bonds. The molecule has 0 bridgehead atoms. The molecule has 2 heterocycles. The Balaban J connectivity index is 1.98. The largest absolute Gasteiger partial charge is 0.352 e. The van der Waals surface area contributed by atoms with Gasteiger partial charge in [0.2, 0.25) is 5.91 Å². The lowest BCUT2D eigenvalue weighted by Gasteiger charge is -2.09. The van der Waals surface area contributed by atoms with Gasteiger partial charge in [-0.15, -0.1) is 5.10 Å². The van der Waals surface area contributed by atoms with Crippen molar-refractivity contribution in [1.82, 2.24) is 29.9 Å². The molecule has 0 saturated heterocycles. The number of nitrogens with one attached hydrogen (secondary N) is 1. The number of amides is 1. The van der Waals surface area contributed by atoms with Crippen LogP contribution in [0.25, 0.3) is 16.9 Å². The van der Waals surface area contributed by atoms with Gasteiger partial charge in [0.1, 0.15) is 12.9 Å². The van der Waals surface area contributed by atoms with Crippen LogP contribution in [0.2, 0.25) is 0 Å². The van der Waals surface area contributed by atoms with E-state index in [4.69, 9.17) is 0 Å². The second-order valence-corrected chi connectivity index (χ2v) is 6.47. The lowest BCUT2D eigenvalue weighted by molar-refractivity contribution is -0.122. The molecule has 24 heavy (non-hydrogen) atoms. The normalized spacial score (nSPS) is 11.2. The second kappa shape index (κ2) is 6.52. The zero-order valence-corrected chi connectivity index (χ0v) is 14.7. The zero-order valence-electron chi connectivity index (χ0n) is 13.1. The van der Waals surface area contributed by atoms with E-state index in [0.717, 1.165) is 10.2 Å². The monoisotopic (exact) mass is 390 g/mol. The summed E-state index contributed by atoms with van der Waals surface area (Å²) in [5.74, 6) is -0.256. The van der Waals surface area contributed by atoms with Crippen molar-refractivity contribution < 1.29 is 4.79 Å². The maximum atomic E-state index is 12.5. The Morgan fingerprint density at radius 3 is 2.67 bits per heavy atom. The van der Waals surface area contributed by atoms with E-state index in [0.29, 0.717) is 5.65 Å². The molecule has 0 aliphatic rings. The SMILES string of the molecule is CC(C)NC(=O)Cn1cnc2c(nnn2-c2ccc(Br)cc2)c1=O. The lowest BCUT2D eigenvalue weighted by atomic mass is 10.3. The Labute approximate surface area is 145 Å². The molecule has 0 fully saturated rings. The quantitative estimate of drug-likeness (QED) is 0.723. The Kier molecular flexibility index (Phi) is 4.43. The number of carbonyl (C=O) groups excluding carboxylic acids is 1. The van der Waals surface area contributed by atoms with E-state index < -0.39 is 5.56 Å². The molecule has 1 aromatic carbocycles. The van der Waals surface area contributed by atoms with Crippen LogP contribution < -0.4 is 10.9 Å². The third-order valence-electron chi connectivity index (χ3n) is 3.26. The first kappa shape index (κ1) is 16.3. The van der Waals surface area contributed by atoms with E-state index in [-0.39, 0.29) is 24.0 Å². The third kappa shape index (κ3) is 3.21. The molecule has 3 aromatic rings. The number of halogens is 1. The molecule has 0 radical (unpaired) electrons. The summed E-state index contributed by atoms with van der Waals surface area (Å²) < 4.78 is 3.64. The van der Waals surface area contributed by atoms with Crippen molar-refractivity contribution in [2.24, 2.45) is 0 Å². The minimum Gasteiger partial charge on any atom is -0.352 e. The first-order valence-corrected chi connectivity index (χ1v) is 8.11. The molecule has 1 N–H and O–H groups in total. The van der Waals surface area contributed by atoms with Crippen LogP contribution in [0.5, 0.6) is 0 Å². The Morgan fingerprint density at radius 2 is 2.00 bits per heavy atom. The minimum absolute atomic E-state index is 0.00294.